The highest BCUT2D eigenvalue weighted by atomic mass is 16.4. The molecule has 0 fully saturated rings. The number of hydrogen-bond acceptors (Lipinski definition) is 3. The van der Waals surface area contributed by atoms with Crippen LogP contribution in [-0.4, -0.2) is 34.0 Å². The van der Waals surface area contributed by atoms with Gasteiger partial charge in [0.05, 0.1) is 6.10 Å². The van der Waals surface area contributed by atoms with E-state index >= 15 is 0 Å². The topological polar surface area (TPSA) is 77.8 Å². The summed E-state index contributed by atoms with van der Waals surface area (Å²) < 4.78 is 0. The molecule has 24 heavy (non-hydrogen) atoms. The number of carboxylic acid groups (broad SMARTS) is 1. The molecule has 3 N–H and O–H groups in total. The largest absolute Gasteiger partial charge is 0.478 e. The number of carbonyl (C=O) groups is 1. The highest BCUT2D eigenvalue weighted by Gasteiger charge is 2.00. The molecule has 0 aromatic carbocycles. The van der Waals surface area contributed by atoms with E-state index in [-0.39, 0.29) is 6.10 Å². The zero-order valence-corrected chi connectivity index (χ0v) is 14.5. The first-order valence-electron chi connectivity index (χ1n) is 8.85. The summed E-state index contributed by atoms with van der Waals surface area (Å²) in [6, 6.07) is 0. The quantitative estimate of drug-likeness (QED) is 0.238. The number of carboxylic acids is 1. The summed E-state index contributed by atoms with van der Waals surface area (Å²) in [4.78, 5) is 10.2. The van der Waals surface area contributed by atoms with Gasteiger partial charge < -0.3 is 15.3 Å². The molecule has 1 atom stereocenters. The molecule has 0 radical (unpaired) electrons. The zero-order chi connectivity index (χ0) is 17.9. The molecular weight excluding hydrogens is 304 g/mol. The van der Waals surface area contributed by atoms with E-state index in [2.05, 4.69) is 0 Å². The maximum atomic E-state index is 10.2. The minimum atomic E-state index is -0.959. The molecule has 4 nitrogen and oxygen atoms in total. The third-order valence-corrected chi connectivity index (χ3v) is 3.53. The first-order valence-corrected chi connectivity index (χ1v) is 8.85. The summed E-state index contributed by atoms with van der Waals surface area (Å²) in [5.41, 5.74) is 0. The van der Waals surface area contributed by atoms with E-state index in [1.54, 1.807) is 12.2 Å². The Kier molecular flexibility index (Phi) is 16.5. The standard InChI is InChI=1S/C20H32O4/c21-18-14-10-6-2-4-8-12-16-19(22)15-11-7-3-1-5-9-13-17-20(23)24/h1,3,5,7,9,11,13,17,19,21-22H,2,4,6,8,10,12,14-16,18H2,(H,23,24). The van der Waals surface area contributed by atoms with Crippen LogP contribution in [0.15, 0.2) is 48.6 Å². The monoisotopic (exact) mass is 336 g/mol. The average Bonchev–Trinajstić information content (AvgIpc) is 2.55. The van der Waals surface area contributed by atoms with Crippen molar-refractivity contribution in [2.75, 3.05) is 6.61 Å². The van der Waals surface area contributed by atoms with Crippen molar-refractivity contribution in [1.29, 1.82) is 0 Å². The van der Waals surface area contributed by atoms with Gasteiger partial charge in [0, 0.05) is 12.7 Å². The Morgan fingerprint density at radius 1 is 0.792 bits per heavy atom. The number of rotatable bonds is 15. The van der Waals surface area contributed by atoms with Crippen LogP contribution < -0.4 is 0 Å². The summed E-state index contributed by atoms with van der Waals surface area (Å²) >= 11 is 0. The molecule has 0 rings (SSSR count). The SMILES string of the molecule is O=C(O)C=CC=CC=CC=CCC(O)CCCCCCCCCO. The van der Waals surface area contributed by atoms with Crippen molar-refractivity contribution < 1.29 is 20.1 Å². The molecule has 0 spiro atoms. The molecule has 0 saturated heterocycles. The molecule has 136 valence electrons. The van der Waals surface area contributed by atoms with Crippen molar-refractivity contribution in [3.05, 3.63) is 48.6 Å². The second-order valence-corrected chi connectivity index (χ2v) is 5.77. The first-order chi connectivity index (χ1) is 11.7. The average molecular weight is 336 g/mol. The minimum absolute atomic E-state index is 0.280. The van der Waals surface area contributed by atoms with Gasteiger partial charge in [-0.1, -0.05) is 81.1 Å². The Labute approximate surface area is 145 Å². The molecule has 0 aromatic heterocycles. The molecule has 0 aliphatic heterocycles. The van der Waals surface area contributed by atoms with Gasteiger partial charge in [-0.2, -0.15) is 0 Å². The Morgan fingerprint density at radius 3 is 1.96 bits per heavy atom. The molecule has 0 aromatic rings. The highest BCUT2D eigenvalue weighted by Crippen LogP contribution is 2.11. The zero-order valence-electron chi connectivity index (χ0n) is 14.5. The van der Waals surface area contributed by atoms with Crippen LogP contribution in [0.3, 0.4) is 0 Å². The van der Waals surface area contributed by atoms with Gasteiger partial charge in [-0.15, -0.1) is 0 Å². The van der Waals surface area contributed by atoms with Crippen LogP contribution in [0, 0.1) is 0 Å². The third kappa shape index (κ3) is 18.4. The lowest BCUT2D eigenvalue weighted by Crippen LogP contribution is -2.04. The smallest absolute Gasteiger partial charge is 0.328 e. The van der Waals surface area contributed by atoms with E-state index < -0.39 is 5.97 Å². The Hall–Kier alpha value is -1.65. The molecular formula is C20H32O4. The second kappa shape index (κ2) is 17.7. The fourth-order valence-electron chi connectivity index (χ4n) is 2.20. The van der Waals surface area contributed by atoms with Crippen LogP contribution in [-0.2, 0) is 4.79 Å². The molecule has 4 heteroatoms. The van der Waals surface area contributed by atoms with Crippen molar-refractivity contribution >= 4 is 5.97 Å². The summed E-state index contributed by atoms with van der Waals surface area (Å²) in [5.74, 6) is -0.959. The van der Waals surface area contributed by atoms with E-state index in [9.17, 15) is 9.90 Å². The normalized spacial score (nSPS) is 13.8. The minimum Gasteiger partial charge on any atom is -0.478 e. The van der Waals surface area contributed by atoms with E-state index in [4.69, 9.17) is 10.2 Å². The highest BCUT2D eigenvalue weighted by molar-refractivity contribution is 5.80. The maximum Gasteiger partial charge on any atom is 0.328 e. The number of allylic oxidation sites excluding steroid dienone is 6. The lowest BCUT2D eigenvalue weighted by Gasteiger charge is -2.07. The van der Waals surface area contributed by atoms with Gasteiger partial charge in [-0.05, 0) is 19.3 Å². The lowest BCUT2D eigenvalue weighted by atomic mass is 10.0. The predicted octanol–water partition coefficient (Wildman–Crippen LogP) is 4.16. The summed E-state index contributed by atoms with van der Waals surface area (Å²) in [6.45, 7) is 0.299. The second-order valence-electron chi connectivity index (χ2n) is 5.77. The Bertz CT molecular complexity index is 408. The summed E-state index contributed by atoms with van der Waals surface area (Å²) in [7, 11) is 0. The molecule has 0 heterocycles. The number of unbranched alkanes of at least 4 members (excludes halogenated alkanes) is 6. The van der Waals surface area contributed by atoms with Gasteiger partial charge in [0.1, 0.15) is 0 Å². The fourth-order valence-corrected chi connectivity index (χ4v) is 2.20. The lowest BCUT2D eigenvalue weighted by molar-refractivity contribution is -0.131. The number of aliphatic carboxylic acids is 1. The molecule has 1 unspecified atom stereocenters. The van der Waals surface area contributed by atoms with E-state index in [0.29, 0.717) is 13.0 Å². The van der Waals surface area contributed by atoms with Crippen molar-refractivity contribution in [2.24, 2.45) is 0 Å². The van der Waals surface area contributed by atoms with Gasteiger partial charge in [0.2, 0.25) is 0 Å². The first kappa shape index (κ1) is 22.4. The molecule has 0 aliphatic carbocycles. The van der Waals surface area contributed by atoms with Gasteiger partial charge in [0.15, 0.2) is 0 Å². The van der Waals surface area contributed by atoms with Crippen molar-refractivity contribution in [1.82, 2.24) is 0 Å². The predicted molar refractivity (Wildman–Crippen MR) is 98.8 cm³/mol. The van der Waals surface area contributed by atoms with Crippen LogP contribution in [0.4, 0.5) is 0 Å². The molecule has 0 amide bonds. The number of aliphatic hydroxyl groups is 2. The maximum absolute atomic E-state index is 10.2. The van der Waals surface area contributed by atoms with Gasteiger partial charge in [0.25, 0.3) is 0 Å². The van der Waals surface area contributed by atoms with Crippen molar-refractivity contribution in [2.45, 2.75) is 63.9 Å². The van der Waals surface area contributed by atoms with Crippen LogP contribution in [0.1, 0.15) is 57.8 Å². The Balaban J connectivity index is 3.54. The number of hydrogen-bond donors (Lipinski definition) is 3. The van der Waals surface area contributed by atoms with E-state index in [1.807, 2.05) is 24.3 Å². The summed E-state index contributed by atoms with van der Waals surface area (Å²) in [6.07, 6.45) is 22.5. The van der Waals surface area contributed by atoms with E-state index in [0.717, 1.165) is 38.2 Å². The van der Waals surface area contributed by atoms with Crippen LogP contribution in [0.5, 0.6) is 0 Å². The van der Waals surface area contributed by atoms with Crippen LogP contribution in [0.25, 0.3) is 0 Å². The van der Waals surface area contributed by atoms with E-state index in [1.165, 1.54) is 25.3 Å². The van der Waals surface area contributed by atoms with Crippen LogP contribution >= 0.6 is 0 Å². The fraction of sp³-hybridized carbons (Fsp3) is 0.550. The van der Waals surface area contributed by atoms with Crippen molar-refractivity contribution in [3.63, 3.8) is 0 Å². The summed E-state index contributed by atoms with van der Waals surface area (Å²) in [5, 5.41) is 26.9. The van der Waals surface area contributed by atoms with Crippen LogP contribution in [0.2, 0.25) is 0 Å². The van der Waals surface area contributed by atoms with Gasteiger partial charge in [-0.25, -0.2) is 4.79 Å². The van der Waals surface area contributed by atoms with Gasteiger partial charge >= 0.3 is 5.97 Å². The number of aliphatic hydroxyl groups excluding tert-OH is 2. The molecule has 0 saturated carbocycles. The van der Waals surface area contributed by atoms with Crippen molar-refractivity contribution in [3.8, 4) is 0 Å². The van der Waals surface area contributed by atoms with Gasteiger partial charge in [-0.3, -0.25) is 0 Å². The Morgan fingerprint density at radius 2 is 1.33 bits per heavy atom. The molecule has 0 bridgehead atoms. The third-order valence-electron chi connectivity index (χ3n) is 3.53. The molecule has 0 aliphatic rings.